The third kappa shape index (κ3) is 5.70. The molecule has 1 aromatic rings. The second-order valence-corrected chi connectivity index (χ2v) is 5.42. The number of rotatable bonds is 7. The molecule has 5 heteroatoms. The SMILES string of the molecule is Cn1nccc1/C=C/C(=O)NCC(C)(C)CCCO. The Morgan fingerprint density at radius 2 is 2.32 bits per heavy atom. The average Bonchev–Trinajstić information content (AvgIpc) is 2.77. The van der Waals surface area contributed by atoms with Gasteiger partial charge in [-0.3, -0.25) is 9.48 Å². The molecule has 0 unspecified atom stereocenters. The maximum absolute atomic E-state index is 11.7. The van der Waals surface area contributed by atoms with Gasteiger partial charge in [-0.2, -0.15) is 5.10 Å². The van der Waals surface area contributed by atoms with E-state index in [1.54, 1.807) is 17.0 Å². The normalized spacial score (nSPS) is 12.0. The zero-order chi connectivity index (χ0) is 14.3. The molecule has 19 heavy (non-hydrogen) atoms. The highest BCUT2D eigenvalue weighted by Crippen LogP contribution is 2.20. The van der Waals surface area contributed by atoms with Crippen LogP contribution in [0.5, 0.6) is 0 Å². The van der Waals surface area contributed by atoms with Crippen molar-refractivity contribution in [1.82, 2.24) is 15.1 Å². The molecular formula is C14H23N3O2. The summed E-state index contributed by atoms with van der Waals surface area (Å²) in [5.74, 6) is -0.113. The Balaban J connectivity index is 2.39. The van der Waals surface area contributed by atoms with Gasteiger partial charge in [0.2, 0.25) is 5.91 Å². The first kappa shape index (κ1) is 15.4. The Morgan fingerprint density at radius 3 is 2.89 bits per heavy atom. The van der Waals surface area contributed by atoms with Crippen LogP contribution in [0.1, 0.15) is 32.4 Å². The predicted molar refractivity (Wildman–Crippen MR) is 75.4 cm³/mol. The lowest BCUT2D eigenvalue weighted by atomic mass is 9.88. The number of carbonyl (C=O) groups is 1. The van der Waals surface area contributed by atoms with Gasteiger partial charge in [0.05, 0.1) is 5.69 Å². The van der Waals surface area contributed by atoms with Gasteiger partial charge in [-0.05, 0) is 30.4 Å². The number of aromatic nitrogens is 2. The smallest absolute Gasteiger partial charge is 0.244 e. The number of aliphatic hydroxyl groups is 1. The number of nitrogens with one attached hydrogen (secondary N) is 1. The van der Waals surface area contributed by atoms with Crippen molar-refractivity contribution in [3.63, 3.8) is 0 Å². The summed E-state index contributed by atoms with van der Waals surface area (Å²) in [4.78, 5) is 11.7. The summed E-state index contributed by atoms with van der Waals surface area (Å²) in [5.41, 5.74) is 0.883. The fraction of sp³-hybridized carbons (Fsp3) is 0.571. The lowest BCUT2D eigenvalue weighted by molar-refractivity contribution is -0.116. The van der Waals surface area contributed by atoms with Crippen molar-refractivity contribution in [1.29, 1.82) is 0 Å². The number of amides is 1. The fourth-order valence-corrected chi connectivity index (χ4v) is 1.74. The van der Waals surface area contributed by atoms with Gasteiger partial charge in [0.25, 0.3) is 0 Å². The van der Waals surface area contributed by atoms with Crippen molar-refractivity contribution in [3.05, 3.63) is 24.0 Å². The molecule has 0 atom stereocenters. The molecule has 0 aliphatic rings. The Morgan fingerprint density at radius 1 is 1.58 bits per heavy atom. The molecule has 0 bridgehead atoms. The monoisotopic (exact) mass is 265 g/mol. The van der Waals surface area contributed by atoms with Crippen LogP contribution in [0.15, 0.2) is 18.3 Å². The Bertz CT molecular complexity index is 436. The Labute approximate surface area is 114 Å². The molecule has 0 saturated heterocycles. The first-order valence-corrected chi connectivity index (χ1v) is 6.49. The number of nitrogens with zero attached hydrogens (tertiary/aromatic N) is 2. The van der Waals surface area contributed by atoms with Crippen molar-refractivity contribution < 1.29 is 9.90 Å². The average molecular weight is 265 g/mol. The third-order valence-corrected chi connectivity index (χ3v) is 3.02. The maximum atomic E-state index is 11.7. The molecule has 106 valence electrons. The summed E-state index contributed by atoms with van der Waals surface area (Å²) < 4.78 is 1.70. The summed E-state index contributed by atoms with van der Waals surface area (Å²) in [6.45, 7) is 4.95. The van der Waals surface area contributed by atoms with Crippen LogP contribution in [0.4, 0.5) is 0 Å². The van der Waals surface area contributed by atoms with E-state index < -0.39 is 0 Å². The van der Waals surface area contributed by atoms with Crippen molar-refractivity contribution in [3.8, 4) is 0 Å². The summed E-state index contributed by atoms with van der Waals surface area (Å²) in [6, 6.07) is 1.84. The molecule has 0 aliphatic carbocycles. The van der Waals surface area contributed by atoms with Crippen LogP contribution in [-0.2, 0) is 11.8 Å². The van der Waals surface area contributed by atoms with Crippen LogP contribution < -0.4 is 5.32 Å². The van der Waals surface area contributed by atoms with Gasteiger partial charge in [0, 0.05) is 32.5 Å². The molecule has 2 N–H and O–H groups in total. The summed E-state index contributed by atoms with van der Waals surface area (Å²) in [5, 5.41) is 15.7. The molecule has 0 spiro atoms. The molecule has 1 heterocycles. The molecule has 0 radical (unpaired) electrons. The summed E-state index contributed by atoms with van der Waals surface area (Å²) >= 11 is 0. The molecular weight excluding hydrogens is 242 g/mol. The topological polar surface area (TPSA) is 67.2 Å². The van der Waals surface area contributed by atoms with Crippen molar-refractivity contribution >= 4 is 12.0 Å². The first-order valence-electron chi connectivity index (χ1n) is 6.49. The van der Waals surface area contributed by atoms with E-state index in [0.717, 1.165) is 18.5 Å². The molecule has 0 saturated carbocycles. The van der Waals surface area contributed by atoms with E-state index in [2.05, 4.69) is 24.3 Å². The number of aryl methyl sites for hydroxylation is 1. The van der Waals surface area contributed by atoms with Crippen LogP contribution in [0.3, 0.4) is 0 Å². The number of hydrogen-bond acceptors (Lipinski definition) is 3. The Kier molecular flexibility index (Phi) is 5.76. The summed E-state index contributed by atoms with van der Waals surface area (Å²) in [7, 11) is 1.83. The highest BCUT2D eigenvalue weighted by atomic mass is 16.2. The van der Waals surface area contributed by atoms with E-state index in [0.29, 0.717) is 6.54 Å². The van der Waals surface area contributed by atoms with Crippen molar-refractivity contribution in [2.75, 3.05) is 13.2 Å². The van der Waals surface area contributed by atoms with Gasteiger partial charge in [0.15, 0.2) is 0 Å². The van der Waals surface area contributed by atoms with Gasteiger partial charge < -0.3 is 10.4 Å². The highest BCUT2D eigenvalue weighted by molar-refractivity contribution is 5.91. The van der Waals surface area contributed by atoms with Gasteiger partial charge in [-0.1, -0.05) is 13.8 Å². The lowest BCUT2D eigenvalue weighted by Crippen LogP contribution is -2.33. The second-order valence-electron chi connectivity index (χ2n) is 5.42. The van der Waals surface area contributed by atoms with Crippen LogP contribution in [0.25, 0.3) is 6.08 Å². The minimum atomic E-state index is -0.113. The quantitative estimate of drug-likeness (QED) is 0.731. The minimum Gasteiger partial charge on any atom is -0.396 e. The molecule has 5 nitrogen and oxygen atoms in total. The van der Waals surface area contributed by atoms with Crippen molar-refractivity contribution in [2.24, 2.45) is 12.5 Å². The summed E-state index contributed by atoms with van der Waals surface area (Å²) in [6.07, 6.45) is 6.58. The van der Waals surface area contributed by atoms with E-state index in [1.807, 2.05) is 13.1 Å². The zero-order valence-corrected chi connectivity index (χ0v) is 11.9. The van der Waals surface area contributed by atoms with E-state index in [-0.39, 0.29) is 17.9 Å². The van der Waals surface area contributed by atoms with Crippen LogP contribution >= 0.6 is 0 Å². The van der Waals surface area contributed by atoms with Crippen LogP contribution in [-0.4, -0.2) is 33.9 Å². The third-order valence-electron chi connectivity index (χ3n) is 3.02. The van der Waals surface area contributed by atoms with E-state index >= 15 is 0 Å². The van der Waals surface area contributed by atoms with Crippen LogP contribution in [0.2, 0.25) is 0 Å². The minimum absolute atomic E-state index is 0.00123. The van der Waals surface area contributed by atoms with E-state index in [1.165, 1.54) is 6.08 Å². The van der Waals surface area contributed by atoms with E-state index in [9.17, 15) is 4.79 Å². The van der Waals surface area contributed by atoms with Gasteiger partial charge in [-0.15, -0.1) is 0 Å². The van der Waals surface area contributed by atoms with E-state index in [4.69, 9.17) is 5.11 Å². The largest absolute Gasteiger partial charge is 0.396 e. The van der Waals surface area contributed by atoms with Crippen LogP contribution in [0, 0.1) is 5.41 Å². The second kappa shape index (κ2) is 7.09. The fourth-order valence-electron chi connectivity index (χ4n) is 1.74. The molecule has 0 fully saturated rings. The van der Waals surface area contributed by atoms with Crippen molar-refractivity contribution in [2.45, 2.75) is 26.7 Å². The molecule has 0 aliphatic heterocycles. The van der Waals surface area contributed by atoms with Gasteiger partial charge >= 0.3 is 0 Å². The van der Waals surface area contributed by atoms with Gasteiger partial charge in [-0.25, -0.2) is 0 Å². The maximum Gasteiger partial charge on any atom is 0.244 e. The first-order chi connectivity index (χ1) is 8.94. The predicted octanol–water partition coefficient (Wildman–Crippen LogP) is 1.35. The molecule has 1 amide bonds. The number of hydrogen-bond donors (Lipinski definition) is 2. The van der Waals surface area contributed by atoms with Gasteiger partial charge in [0.1, 0.15) is 0 Å². The number of aliphatic hydroxyl groups excluding tert-OH is 1. The number of carbonyl (C=O) groups excluding carboxylic acids is 1. The standard InChI is InChI=1S/C14H23N3O2/c1-14(2,8-4-10-18)11-15-13(19)6-5-12-7-9-16-17(12)3/h5-7,9,18H,4,8,10-11H2,1-3H3,(H,15,19)/b6-5+. The molecule has 1 aromatic heterocycles. The molecule has 1 rings (SSSR count). The highest BCUT2D eigenvalue weighted by Gasteiger charge is 2.17. The Hall–Kier alpha value is -1.62. The molecule has 0 aromatic carbocycles. The zero-order valence-electron chi connectivity index (χ0n) is 11.9. The lowest BCUT2D eigenvalue weighted by Gasteiger charge is -2.24.